The molecule has 0 spiro atoms. The normalized spacial score (nSPS) is 18.1. The number of benzene rings is 1. The SMILES string of the molecule is COc1ccc(N2C(=S)N[C@H](c3ccccn3)[C@H]2c2cc(C)n(-n3cnnc3)c2C)cc1. The molecule has 0 saturated carbocycles. The van der Waals surface area contributed by atoms with Crippen LogP contribution in [0.5, 0.6) is 5.75 Å². The van der Waals surface area contributed by atoms with Gasteiger partial charge >= 0.3 is 0 Å². The molecule has 1 fully saturated rings. The summed E-state index contributed by atoms with van der Waals surface area (Å²) in [6.07, 6.45) is 5.20. The Morgan fingerprint density at radius 2 is 1.78 bits per heavy atom. The Kier molecular flexibility index (Phi) is 5.10. The van der Waals surface area contributed by atoms with Crippen molar-refractivity contribution in [3.8, 4) is 5.75 Å². The fraction of sp³-hybridized carbons (Fsp3) is 0.217. The molecule has 9 heteroatoms. The molecule has 0 unspecified atom stereocenters. The molecule has 1 aliphatic heterocycles. The van der Waals surface area contributed by atoms with E-state index in [9.17, 15) is 0 Å². The topological polar surface area (TPSA) is 73.0 Å². The zero-order valence-electron chi connectivity index (χ0n) is 18.0. The highest BCUT2D eigenvalue weighted by atomic mass is 32.1. The van der Waals surface area contributed by atoms with Gasteiger partial charge in [-0.3, -0.25) is 9.66 Å². The summed E-state index contributed by atoms with van der Waals surface area (Å²) in [6.45, 7) is 4.18. The number of aromatic nitrogens is 5. The molecule has 0 bridgehead atoms. The van der Waals surface area contributed by atoms with E-state index >= 15 is 0 Å². The minimum absolute atomic E-state index is 0.0952. The maximum Gasteiger partial charge on any atom is 0.174 e. The molecule has 0 aliphatic carbocycles. The molecule has 1 N–H and O–H groups in total. The number of pyridine rings is 1. The number of hydrogen-bond acceptors (Lipinski definition) is 5. The van der Waals surface area contributed by atoms with Crippen molar-refractivity contribution in [1.29, 1.82) is 0 Å². The molecule has 32 heavy (non-hydrogen) atoms. The van der Waals surface area contributed by atoms with Gasteiger partial charge in [0.15, 0.2) is 5.11 Å². The summed E-state index contributed by atoms with van der Waals surface area (Å²) in [5.41, 5.74) is 5.23. The van der Waals surface area contributed by atoms with E-state index in [0.717, 1.165) is 34.1 Å². The van der Waals surface area contributed by atoms with Crippen molar-refractivity contribution >= 4 is 23.0 Å². The van der Waals surface area contributed by atoms with Crippen molar-refractivity contribution in [1.82, 2.24) is 29.9 Å². The molecule has 4 aromatic rings. The number of anilines is 1. The number of nitrogens with one attached hydrogen (secondary N) is 1. The predicted octanol–water partition coefficient (Wildman–Crippen LogP) is 3.59. The van der Waals surface area contributed by atoms with E-state index in [1.807, 2.05) is 53.3 Å². The lowest BCUT2D eigenvalue weighted by molar-refractivity contribution is 0.415. The summed E-state index contributed by atoms with van der Waals surface area (Å²) in [5.74, 6) is 0.801. The van der Waals surface area contributed by atoms with E-state index in [0.29, 0.717) is 5.11 Å². The minimum atomic E-state index is -0.110. The maximum absolute atomic E-state index is 5.82. The van der Waals surface area contributed by atoms with Gasteiger partial charge < -0.3 is 15.0 Å². The van der Waals surface area contributed by atoms with Crippen molar-refractivity contribution < 1.29 is 4.74 Å². The van der Waals surface area contributed by atoms with Crippen LogP contribution in [0.15, 0.2) is 67.4 Å². The average Bonchev–Trinajstić information content (AvgIpc) is 3.52. The molecule has 1 saturated heterocycles. The van der Waals surface area contributed by atoms with Crippen LogP contribution in [0.2, 0.25) is 0 Å². The third-order valence-corrected chi connectivity index (χ3v) is 6.15. The number of hydrogen-bond donors (Lipinski definition) is 1. The third-order valence-electron chi connectivity index (χ3n) is 5.84. The predicted molar refractivity (Wildman–Crippen MR) is 126 cm³/mol. The Morgan fingerprint density at radius 1 is 1.03 bits per heavy atom. The summed E-state index contributed by atoms with van der Waals surface area (Å²) < 4.78 is 9.32. The number of thiocarbonyl (C=S) groups is 1. The van der Waals surface area contributed by atoms with Gasteiger partial charge in [0, 0.05) is 28.8 Å². The van der Waals surface area contributed by atoms with E-state index in [4.69, 9.17) is 17.0 Å². The monoisotopic (exact) mass is 445 g/mol. The van der Waals surface area contributed by atoms with E-state index in [-0.39, 0.29) is 12.1 Å². The molecule has 5 rings (SSSR count). The van der Waals surface area contributed by atoms with E-state index in [2.05, 4.69) is 50.0 Å². The van der Waals surface area contributed by atoms with Gasteiger partial charge in [-0.15, -0.1) is 10.2 Å². The minimum Gasteiger partial charge on any atom is -0.497 e. The second-order valence-electron chi connectivity index (χ2n) is 7.67. The first kappa shape index (κ1) is 20.2. The number of ether oxygens (including phenoxy) is 1. The van der Waals surface area contributed by atoms with E-state index < -0.39 is 0 Å². The van der Waals surface area contributed by atoms with Crippen LogP contribution in [0, 0.1) is 13.8 Å². The Hall–Kier alpha value is -3.72. The largest absolute Gasteiger partial charge is 0.497 e. The molecule has 8 nitrogen and oxygen atoms in total. The molecular formula is C23H23N7OS. The van der Waals surface area contributed by atoms with Crippen molar-refractivity contribution in [3.63, 3.8) is 0 Å². The van der Waals surface area contributed by atoms with Crippen molar-refractivity contribution in [2.24, 2.45) is 0 Å². The Balaban J connectivity index is 1.66. The molecule has 3 aromatic heterocycles. The van der Waals surface area contributed by atoms with Gasteiger partial charge in [-0.2, -0.15) is 0 Å². The maximum atomic E-state index is 5.82. The van der Waals surface area contributed by atoms with Crippen LogP contribution in [0.25, 0.3) is 0 Å². The van der Waals surface area contributed by atoms with Crippen LogP contribution in [-0.2, 0) is 0 Å². The summed E-state index contributed by atoms with van der Waals surface area (Å²) in [4.78, 5) is 6.79. The Morgan fingerprint density at radius 3 is 2.44 bits per heavy atom. The van der Waals surface area contributed by atoms with Crippen LogP contribution in [0.4, 0.5) is 5.69 Å². The third kappa shape index (κ3) is 3.31. The molecular weight excluding hydrogens is 422 g/mol. The first-order chi connectivity index (χ1) is 15.6. The summed E-state index contributed by atoms with van der Waals surface area (Å²) in [6, 6.07) is 15.9. The molecule has 0 amide bonds. The van der Waals surface area contributed by atoms with Crippen molar-refractivity contribution in [2.45, 2.75) is 25.9 Å². The number of rotatable bonds is 5. The van der Waals surface area contributed by atoms with Gasteiger partial charge in [-0.25, -0.2) is 4.68 Å². The van der Waals surface area contributed by atoms with Crippen LogP contribution < -0.4 is 15.0 Å². The fourth-order valence-corrected chi connectivity index (χ4v) is 4.77. The van der Waals surface area contributed by atoms with Crippen molar-refractivity contribution in [2.75, 3.05) is 12.0 Å². The van der Waals surface area contributed by atoms with Crippen LogP contribution in [0.3, 0.4) is 0 Å². The van der Waals surface area contributed by atoms with Gasteiger partial charge in [0.05, 0.1) is 24.9 Å². The van der Waals surface area contributed by atoms with Crippen LogP contribution >= 0.6 is 12.2 Å². The number of aryl methyl sites for hydroxylation is 1. The molecule has 4 heterocycles. The fourth-order valence-electron chi connectivity index (χ4n) is 4.42. The lowest BCUT2D eigenvalue weighted by Gasteiger charge is -2.28. The zero-order valence-corrected chi connectivity index (χ0v) is 18.8. The van der Waals surface area contributed by atoms with Crippen LogP contribution in [-0.4, -0.2) is 36.8 Å². The van der Waals surface area contributed by atoms with Gasteiger partial charge in [0.25, 0.3) is 0 Å². The van der Waals surface area contributed by atoms with Gasteiger partial charge in [-0.1, -0.05) is 6.07 Å². The lowest BCUT2D eigenvalue weighted by Crippen LogP contribution is -2.29. The summed E-state index contributed by atoms with van der Waals surface area (Å²) in [7, 11) is 1.66. The van der Waals surface area contributed by atoms with Gasteiger partial charge in [0.2, 0.25) is 0 Å². The molecule has 0 radical (unpaired) electrons. The van der Waals surface area contributed by atoms with Crippen molar-refractivity contribution in [3.05, 3.63) is 90.0 Å². The summed E-state index contributed by atoms with van der Waals surface area (Å²) >= 11 is 5.82. The first-order valence-corrected chi connectivity index (χ1v) is 10.7. The highest BCUT2D eigenvalue weighted by Gasteiger charge is 2.42. The lowest BCUT2D eigenvalue weighted by atomic mass is 9.96. The summed E-state index contributed by atoms with van der Waals surface area (Å²) in [5, 5.41) is 12.1. The zero-order chi connectivity index (χ0) is 22.2. The average molecular weight is 446 g/mol. The molecule has 1 aromatic carbocycles. The Bertz CT molecular complexity index is 1240. The van der Waals surface area contributed by atoms with Crippen LogP contribution in [0.1, 0.15) is 34.7 Å². The second-order valence-corrected chi connectivity index (χ2v) is 8.06. The highest BCUT2D eigenvalue weighted by Crippen LogP contribution is 2.43. The molecule has 1 aliphatic rings. The number of nitrogens with zero attached hydrogens (tertiary/aromatic N) is 6. The Labute approximate surface area is 191 Å². The standard InChI is InChI=1S/C23H23N7OS/c1-15-12-19(16(2)30(15)28-13-25-26-14-28)22-21(20-6-4-5-11-24-20)27-23(32)29(22)17-7-9-18(31-3)10-8-17/h4-14,21-22H,1-3H3,(H,27,32)/t21-,22-/m1/s1. The second kappa shape index (κ2) is 8.08. The van der Waals surface area contributed by atoms with E-state index in [1.165, 1.54) is 0 Å². The highest BCUT2D eigenvalue weighted by molar-refractivity contribution is 7.80. The first-order valence-electron chi connectivity index (χ1n) is 10.3. The van der Waals surface area contributed by atoms with Gasteiger partial charge in [0.1, 0.15) is 18.4 Å². The molecule has 2 atom stereocenters. The number of methoxy groups -OCH3 is 1. The van der Waals surface area contributed by atoms with E-state index in [1.54, 1.807) is 19.8 Å². The smallest absolute Gasteiger partial charge is 0.174 e. The molecule has 162 valence electrons. The van der Waals surface area contributed by atoms with Gasteiger partial charge in [-0.05, 0) is 68.5 Å². The quantitative estimate of drug-likeness (QED) is 0.471.